The Labute approximate surface area is 132 Å². The first kappa shape index (κ1) is 17.2. The zero-order valence-electron chi connectivity index (χ0n) is 13.4. The van der Waals surface area contributed by atoms with E-state index in [1.165, 1.54) is 0 Å². The summed E-state index contributed by atoms with van der Waals surface area (Å²) < 4.78 is 35.6. The molecule has 1 aromatic carbocycles. The highest BCUT2D eigenvalue weighted by Gasteiger charge is 2.69. The third-order valence-electron chi connectivity index (χ3n) is 4.60. The molecule has 0 spiro atoms. The molecule has 0 saturated heterocycles. The lowest BCUT2D eigenvalue weighted by atomic mass is 10.00. The monoisotopic (exact) mass is 327 g/mol. The molecule has 22 heavy (non-hydrogen) atoms. The van der Waals surface area contributed by atoms with E-state index in [4.69, 9.17) is 15.2 Å². The van der Waals surface area contributed by atoms with E-state index in [-0.39, 0.29) is 11.7 Å². The van der Waals surface area contributed by atoms with E-state index < -0.39 is 20.5 Å². The van der Waals surface area contributed by atoms with E-state index in [1.807, 2.05) is 31.2 Å². The Bertz CT molecular complexity index is 599. The molecular formula is C16H25NO4S. The molecule has 3 atom stereocenters. The molecule has 0 radical (unpaired) electrons. The van der Waals surface area contributed by atoms with Crippen molar-refractivity contribution in [2.75, 3.05) is 32.6 Å². The number of rotatable bonds is 8. The number of hydrogen-bond donors (Lipinski definition) is 1. The van der Waals surface area contributed by atoms with Crippen LogP contribution in [-0.4, -0.2) is 46.3 Å². The molecule has 0 unspecified atom stereocenters. The van der Waals surface area contributed by atoms with Crippen LogP contribution in [0.2, 0.25) is 0 Å². The first-order valence-corrected chi connectivity index (χ1v) is 9.31. The molecular weight excluding hydrogens is 302 g/mol. The molecule has 1 saturated carbocycles. The van der Waals surface area contributed by atoms with Gasteiger partial charge < -0.3 is 15.2 Å². The van der Waals surface area contributed by atoms with Gasteiger partial charge in [0.05, 0.1) is 19.0 Å². The number of benzene rings is 1. The minimum Gasteiger partial charge on any atom is -0.497 e. The van der Waals surface area contributed by atoms with Crippen LogP contribution in [0.25, 0.3) is 0 Å². The van der Waals surface area contributed by atoms with Gasteiger partial charge in [0, 0.05) is 30.2 Å². The van der Waals surface area contributed by atoms with Crippen molar-refractivity contribution in [3.8, 4) is 5.75 Å². The van der Waals surface area contributed by atoms with Gasteiger partial charge in [-0.3, -0.25) is 0 Å². The van der Waals surface area contributed by atoms with Crippen LogP contribution in [0.4, 0.5) is 0 Å². The molecule has 1 aliphatic carbocycles. The fourth-order valence-electron chi connectivity index (χ4n) is 3.28. The molecule has 1 fully saturated rings. The SMILES string of the molecule is CCOC[C@]1(CN)[C@H](c2ccc(OC)cc2)[C@H]1S(=O)(=O)CC. The molecule has 0 bridgehead atoms. The van der Waals surface area contributed by atoms with Crippen LogP contribution in [-0.2, 0) is 14.6 Å². The molecule has 2 rings (SSSR count). The minimum absolute atomic E-state index is 0.111. The molecule has 124 valence electrons. The summed E-state index contributed by atoms with van der Waals surface area (Å²) in [6, 6.07) is 7.55. The molecule has 0 amide bonds. The van der Waals surface area contributed by atoms with E-state index >= 15 is 0 Å². The van der Waals surface area contributed by atoms with Crippen LogP contribution >= 0.6 is 0 Å². The highest BCUT2D eigenvalue weighted by Crippen LogP contribution is 2.62. The lowest BCUT2D eigenvalue weighted by Gasteiger charge is -2.15. The summed E-state index contributed by atoms with van der Waals surface area (Å²) in [6.45, 7) is 4.81. The fraction of sp³-hybridized carbons (Fsp3) is 0.625. The van der Waals surface area contributed by atoms with Gasteiger partial charge in [0.15, 0.2) is 9.84 Å². The van der Waals surface area contributed by atoms with Gasteiger partial charge in [0.1, 0.15) is 5.75 Å². The van der Waals surface area contributed by atoms with Gasteiger partial charge in [-0.25, -0.2) is 8.42 Å². The Morgan fingerprint density at radius 2 is 1.86 bits per heavy atom. The van der Waals surface area contributed by atoms with Crippen LogP contribution in [0.5, 0.6) is 5.75 Å². The van der Waals surface area contributed by atoms with Gasteiger partial charge >= 0.3 is 0 Å². The third-order valence-corrected chi connectivity index (χ3v) is 6.92. The van der Waals surface area contributed by atoms with Crippen molar-refractivity contribution in [1.82, 2.24) is 0 Å². The second-order valence-corrected chi connectivity index (χ2v) is 8.11. The highest BCUT2D eigenvalue weighted by atomic mass is 32.2. The van der Waals surface area contributed by atoms with Crippen LogP contribution in [0.1, 0.15) is 25.3 Å². The summed E-state index contributed by atoms with van der Waals surface area (Å²) >= 11 is 0. The van der Waals surface area contributed by atoms with E-state index in [9.17, 15) is 8.42 Å². The lowest BCUT2D eigenvalue weighted by molar-refractivity contribution is 0.101. The number of methoxy groups -OCH3 is 1. The van der Waals surface area contributed by atoms with Crippen molar-refractivity contribution in [3.05, 3.63) is 29.8 Å². The molecule has 0 heterocycles. The van der Waals surface area contributed by atoms with E-state index in [0.717, 1.165) is 11.3 Å². The lowest BCUT2D eigenvalue weighted by Crippen LogP contribution is -2.29. The third kappa shape index (κ3) is 2.87. The standard InChI is InChI=1S/C16H25NO4S/c1-4-21-11-16(10-17)14(15(16)22(18,19)5-2)12-6-8-13(20-3)9-7-12/h6-9,14-15H,4-5,10-11,17H2,1-3H3/t14-,15-,16-/m1/s1. The normalized spacial score (nSPS) is 27.6. The summed E-state index contributed by atoms with van der Waals surface area (Å²) in [7, 11) is -1.57. The largest absolute Gasteiger partial charge is 0.497 e. The second kappa shape index (κ2) is 6.56. The maximum absolute atomic E-state index is 12.5. The Morgan fingerprint density at radius 1 is 1.23 bits per heavy atom. The zero-order valence-corrected chi connectivity index (χ0v) is 14.2. The van der Waals surface area contributed by atoms with Crippen molar-refractivity contribution >= 4 is 9.84 Å². The van der Waals surface area contributed by atoms with E-state index in [0.29, 0.717) is 19.8 Å². The Morgan fingerprint density at radius 3 is 2.32 bits per heavy atom. The molecule has 6 heteroatoms. The van der Waals surface area contributed by atoms with Gasteiger partial charge in [-0.15, -0.1) is 0 Å². The van der Waals surface area contributed by atoms with Gasteiger partial charge in [0.2, 0.25) is 0 Å². The molecule has 0 aliphatic heterocycles. The zero-order chi connectivity index (χ0) is 16.4. The van der Waals surface area contributed by atoms with Crippen molar-refractivity contribution < 1.29 is 17.9 Å². The van der Waals surface area contributed by atoms with E-state index in [2.05, 4.69) is 0 Å². The molecule has 2 N–H and O–H groups in total. The van der Waals surface area contributed by atoms with E-state index in [1.54, 1.807) is 14.0 Å². The van der Waals surface area contributed by atoms with Gasteiger partial charge in [-0.2, -0.15) is 0 Å². The summed E-state index contributed by atoms with van der Waals surface area (Å²) in [5, 5.41) is -0.463. The molecule has 1 aliphatic rings. The molecule has 5 nitrogen and oxygen atoms in total. The molecule has 1 aromatic rings. The van der Waals surface area contributed by atoms with Crippen LogP contribution in [0.3, 0.4) is 0 Å². The maximum atomic E-state index is 12.5. The van der Waals surface area contributed by atoms with Gasteiger partial charge in [0.25, 0.3) is 0 Å². The predicted molar refractivity (Wildman–Crippen MR) is 87.0 cm³/mol. The Kier molecular flexibility index (Phi) is 5.14. The maximum Gasteiger partial charge on any atom is 0.154 e. The number of ether oxygens (including phenoxy) is 2. The first-order valence-electron chi connectivity index (χ1n) is 7.60. The van der Waals surface area contributed by atoms with Crippen LogP contribution in [0, 0.1) is 5.41 Å². The van der Waals surface area contributed by atoms with Crippen LogP contribution in [0.15, 0.2) is 24.3 Å². The average molecular weight is 327 g/mol. The quantitative estimate of drug-likeness (QED) is 0.784. The Balaban J connectivity index is 2.37. The smallest absolute Gasteiger partial charge is 0.154 e. The number of nitrogens with two attached hydrogens (primary N) is 1. The van der Waals surface area contributed by atoms with Gasteiger partial charge in [-0.05, 0) is 24.6 Å². The highest BCUT2D eigenvalue weighted by molar-refractivity contribution is 7.92. The summed E-state index contributed by atoms with van der Waals surface area (Å²) in [4.78, 5) is 0. The van der Waals surface area contributed by atoms with Crippen molar-refractivity contribution in [3.63, 3.8) is 0 Å². The second-order valence-electron chi connectivity index (χ2n) is 5.70. The predicted octanol–water partition coefficient (Wildman–Crippen LogP) is 1.58. The Hall–Kier alpha value is -1.11. The van der Waals surface area contributed by atoms with Crippen LogP contribution < -0.4 is 10.5 Å². The van der Waals surface area contributed by atoms with Gasteiger partial charge in [-0.1, -0.05) is 19.1 Å². The van der Waals surface area contributed by atoms with Crippen molar-refractivity contribution in [1.29, 1.82) is 0 Å². The topological polar surface area (TPSA) is 78.6 Å². The molecule has 0 aromatic heterocycles. The van der Waals surface area contributed by atoms with Crippen molar-refractivity contribution in [2.45, 2.75) is 25.0 Å². The summed E-state index contributed by atoms with van der Waals surface area (Å²) in [5.74, 6) is 0.764. The average Bonchev–Trinajstić information content (AvgIpc) is 3.23. The number of sulfone groups is 1. The first-order chi connectivity index (χ1) is 10.5. The van der Waals surface area contributed by atoms with Crippen molar-refractivity contribution in [2.24, 2.45) is 11.1 Å². The minimum atomic E-state index is -3.18. The fourth-order valence-corrected chi connectivity index (χ4v) is 5.43. The number of hydrogen-bond acceptors (Lipinski definition) is 5. The summed E-state index contributed by atoms with van der Waals surface area (Å²) in [5.41, 5.74) is 6.43. The summed E-state index contributed by atoms with van der Waals surface area (Å²) in [6.07, 6.45) is 0.